The summed E-state index contributed by atoms with van der Waals surface area (Å²) in [6.45, 7) is 1.99. The first-order valence-electron chi connectivity index (χ1n) is 15.4. The maximum Gasteiger partial charge on any atom is 0.248 e. The molecule has 0 aromatic heterocycles. The second kappa shape index (κ2) is 12.0. The fourth-order valence-corrected chi connectivity index (χ4v) is 7.32. The van der Waals surface area contributed by atoms with E-state index < -0.39 is 29.1 Å². The number of amides is 3. The summed E-state index contributed by atoms with van der Waals surface area (Å²) in [6, 6.07) is 17.9. The smallest absolute Gasteiger partial charge is 0.248 e. The first-order chi connectivity index (χ1) is 22.0. The zero-order chi connectivity index (χ0) is 32.7. The van der Waals surface area contributed by atoms with Crippen molar-refractivity contribution in [3.8, 4) is 6.07 Å². The number of nitrogens with one attached hydrogen (secondary N) is 1. The van der Waals surface area contributed by atoms with Crippen LogP contribution in [-0.2, 0) is 23.1 Å². The molecule has 1 heterocycles. The molecule has 0 spiro atoms. The van der Waals surface area contributed by atoms with Crippen molar-refractivity contribution in [3.05, 3.63) is 99.9 Å². The Bertz CT molecular complexity index is 1730. The highest BCUT2D eigenvalue weighted by molar-refractivity contribution is 6.00. The SMILES string of the molecule is C[C@@H](CC1(C(N)=Nc2ccc(F)cc2)c2ccc(C(N)=O)cc2CCc2cc(C(N)=O)ccc21)NCC(=O)N1C(C#N)C[C@@H]2C[C@@H]21. The summed E-state index contributed by atoms with van der Waals surface area (Å²) in [5.41, 5.74) is 21.7. The molecule has 3 aliphatic rings. The van der Waals surface area contributed by atoms with E-state index in [2.05, 4.69) is 11.4 Å². The monoisotopic (exact) mass is 621 g/mol. The fraction of sp³-hybridized carbons (Fsp3) is 0.343. The van der Waals surface area contributed by atoms with Gasteiger partial charge in [-0.1, -0.05) is 12.1 Å². The number of rotatable bonds is 9. The number of benzene rings is 3. The fourth-order valence-electron chi connectivity index (χ4n) is 7.32. The van der Waals surface area contributed by atoms with Crippen molar-refractivity contribution in [1.82, 2.24) is 10.2 Å². The Balaban J connectivity index is 1.46. The number of likely N-dealkylation sites (tertiary alicyclic amines) is 1. The van der Waals surface area contributed by atoms with Crippen LogP contribution in [0, 0.1) is 23.1 Å². The molecule has 10 nitrogen and oxygen atoms in total. The number of nitrogens with zero attached hydrogens (tertiary/aromatic N) is 3. The molecular weight excluding hydrogens is 585 g/mol. The molecule has 6 rings (SSSR count). The summed E-state index contributed by atoms with van der Waals surface area (Å²) in [5, 5.41) is 13.0. The molecule has 0 radical (unpaired) electrons. The number of primary amides is 2. The molecule has 0 bridgehead atoms. The third-order valence-corrected chi connectivity index (χ3v) is 9.63. The molecule has 11 heteroatoms. The third-order valence-electron chi connectivity index (χ3n) is 9.63. The summed E-state index contributed by atoms with van der Waals surface area (Å²) in [5.74, 6) is -1.04. The lowest BCUT2D eigenvalue weighted by molar-refractivity contribution is -0.131. The van der Waals surface area contributed by atoms with E-state index in [1.54, 1.807) is 29.2 Å². The van der Waals surface area contributed by atoms with Gasteiger partial charge in [0.15, 0.2) is 0 Å². The minimum Gasteiger partial charge on any atom is -0.386 e. The summed E-state index contributed by atoms with van der Waals surface area (Å²) in [7, 11) is 0. The normalized spacial score (nSPS) is 21.6. The van der Waals surface area contributed by atoms with Crippen molar-refractivity contribution in [3.63, 3.8) is 0 Å². The highest BCUT2D eigenvalue weighted by Gasteiger charge is 2.54. The van der Waals surface area contributed by atoms with Gasteiger partial charge in [0, 0.05) is 23.2 Å². The number of carbonyl (C=O) groups excluding carboxylic acids is 3. The van der Waals surface area contributed by atoms with Gasteiger partial charge in [0.25, 0.3) is 0 Å². The van der Waals surface area contributed by atoms with Gasteiger partial charge in [-0.2, -0.15) is 5.26 Å². The highest BCUT2D eigenvalue weighted by atomic mass is 19.1. The molecule has 1 unspecified atom stereocenters. The Hall–Kier alpha value is -5.08. The van der Waals surface area contributed by atoms with Crippen LogP contribution in [0.4, 0.5) is 10.1 Å². The maximum atomic E-state index is 13.8. The van der Waals surface area contributed by atoms with E-state index in [1.165, 1.54) is 24.3 Å². The van der Waals surface area contributed by atoms with Gasteiger partial charge in [0.2, 0.25) is 17.7 Å². The second-order valence-corrected chi connectivity index (χ2v) is 12.6. The van der Waals surface area contributed by atoms with E-state index in [1.807, 2.05) is 19.1 Å². The van der Waals surface area contributed by atoms with Gasteiger partial charge >= 0.3 is 0 Å². The molecule has 1 saturated carbocycles. The molecule has 1 aliphatic heterocycles. The average molecular weight is 622 g/mol. The Morgan fingerprint density at radius 3 is 2.11 bits per heavy atom. The average Bonchev–Trinajstić information content (AvgIpc) is 3.73. The maximum absolute atomic E-state index is 13.8. The number of hydrogen-bond acceptors (Lipinski definition) is 6. The molecule has 7 N–H and O–H groups in total. The van der Waals surface area contributed by atoms with Gasteiger partial charge in [-0.3, -0.25) is 14.4 Å². The predicted molar refractivity (Wildman–Crippen MR) is 171 cm³/mol. The quantitative estimate of drug-likeness (QED) is 0.211. The Kier molecular flexibility index (Phi) is 8.08. The number of piperidine rings is 1. The van der Waals surface area contributed by atoms with Crippen LogP contribution < -0.4 is 22.5 Å². The first-order valence-corrected chi connectivity index (χ1v) is 15.4. The molecule has 2 aliphatic carbocycles. The Morgan fingerprint density at radius 2 is 1.57 bits per heavy atom. The lowest BCUT2D eigenvalue weighted by atomic mass is 9.67. The van der Waals surface area contributed by atoms with Crippen molar-refractivity contribution in [1.29, 1.82) is 5.26 Å². The number of nitrogens with two attached hydrogens (primary N) is 3. The molecule has 1 saturated heterocycles. The van der Waals surface area contributed by atoms with E-state index >= 15 is 0 Å². The Labute approximate surface area is 266 Å². The number of carbonyl (C=O) groups is 3. The number of fused-ring (bicyclic) bond motifs is 3. The summed E-state index contributed by atoms with van der Waals surface area (Å²) >= 11 is 0. The van der Waals surface area contributed by atoms with Crippen LogP contribution in [0.2, 0.25) is 0 Å². The van der Waals surface area contributed by atoms with E-state index in [0.717, 1.165) is 35.1 Å². The van der Waals surface area contributed by atoms with Gasteiger partial charge in [-0.25, -0.2) is 9.38 Å². The lowest BCUT2D eigenvalue weighted by Gasteiger charge is -2.38. The zero-order valence-electron chi connectivity index (χ0n) is 25.5. The molecule has 3 aromatic rings. The van der Waals surface area contributed by atoms with Crippen LogP contribution in [0.3, 0.4) is 0 Å². The van der Waals surface area contributed by atoms with Gasteiger partial charge in [-0.15, -0.1) is 0 Å². The Morgan fingerprint density at radius 1 is 0.978 bits per heavy atom. The minimum atomic E-state index is -1.11. The van der Waals surface area contributed by atoms with Crippen LogP contribution in [0.1, 0.15) is 69.2 Å². The summed E-state index contributed by atoms with van der Waals surface area (Å²) in [6.07, 6.45) is 3.02. The largest absolute Gasteiger partial charge is 0.386 e. The number of aryl methyl sites for hydroxylation is 2. The van der Waals surface area contributed by atoms with Crippen LogP contribution in [0.5, 0.6) is 0 Å². The molecule has 236 valence electrons. The van der Waals surface area contributed by atoms with E-state index in [0.29, 0.717) is 42.0 Å². The van der Waals surface area contributed by atoms with E-state index in [-0.39, 0.29) is 30.4 Å². The number of halogens is 1. The first kappa shape index (κ1) is 30.9. The predicted octanol–water partition coefficient (Wildman–Crippen LogP) is 2.98. The van der Waals surface area contributed by atoms with Gasteiger partial charge in [0.05, 0.1) is 23.7 Å². The summed E-state index contributed by atoms with van der Waals surface area (Å²) in [4.78, 5) is 44.3. The van der Waals surface area contributed by atoms with E-state index in [4.69, 9.17) is 22.2 Å². The van der Waals surface area contributed by atoms with Crippen molar-refractivity contribution >= 4 is 29.2 Å². The minimum absolute atomic E-state index is 0.0363. The van der Waals surface area contributed by atoms with Crippen LogP contribution in [0.25, 0.3) is 0 Å². The van der Waals surface area contributed by atoms with E-state index in [9.17, 15) is 24.0 Å². The van der Waals surface area contributed by atoms with Gasteiger partial charge in [0.1, 0.15) is 17.7 Å². The van der Waals surface area contributed by atoms with Crippen LogP contribution in [0.15, 0.2) is 65.7 Å². The van der Waals surface area contributed by atoms with Gasteiger partial charge in [-0.05, 0) is 116 Å². The van der Waals surface area contributed by atoms with Crippen molar-refractivity contribution in [2.45, 2.75) is 62.6 Å². The number of hydrogen-bond donors (Lipinski definition) is 4. The van der Waals surface area contributed by atoms with Crippen molar-refractivity contribution in [2.75, 3.05) is 6.54 Å². The number of aliphatic imine (C=N–C) groups is 1. The van der Waals surface area contributed by atoms with Crippen molar-refractivity contribution < 1.29 is 18.8 Å². The molecule has 3 aromatic carbocycles. The second-order valence-electron chi connectivity index (χ2n) is 12.6. The topological polar surface area (TPSA) is 181 Å². The molecular formula is C35H36FN7O3. The molecule has 46 heavy (non-hydrogen) atoms. The van der Waals surface area contributed by atoms with Gasteiger partial charge < -0.3 is 27.4 Å². The highest BCUT2D eigenvalue weighted by Crippen LogP contribution is 2.48. The molecule has 2 fully saturated rings. The van der Waals surface area contributed by atoms with Crippen LogP contribution in [-0.4, -0.2) is 53.1 Å². The standard InChI is InChI=1S/C35H36FN7O3/c1-19(41-18-31(44)43-27(17-37)14-24-15-30(24)43)16-35(34(40)42-26-8-6-25(36)7-9-26)28-10-4-22(32(38)45)12-20(28)2-3-21-13-23(33(39)46)5-11-29(21)35/h4-13,19,24,27,30,41H,2-3,14-16,18H2,1H3,(H2,38,45)(H2,39,46)(H2,40,42)/t19-,24+,27?,30-/m0/s1. The molecule has 4 atom stereocenters. The summed E-state index contributed by atoms with van der Waals surface area (Å²) < 4.78 is 13.8. The number of nitriles is 1. The zero-order valence-corrected chi connectivity index (χ0v) is 25.5. The number of amidine groups is 1. The van der Waals surface area contributed by atoms with Crippen molar-refractivity contribution in [2.24, 2.45) is 28.1 Å². The lowest BCUT2D eigenvalue weighted by Crippen LogP contribution is -2.49. The van der Waals surface area contributed by atoms with Crippen LogP contribution >= 0.6 is 0 Å². The molecule has 3 amide bonds. The third kappa shape index (κ3) is 5.61.